The van der Waals surface area contributed by atoms with Crippen molar-refractivity contribution in [2.45, 2.75) is 13.0 Å². The molecule has 100 valence electrons. The molecule has 0 amide bonds. The van der Waals surface area contributed by atoms with Crippen molar-refractivity contribution in [2.75, 3.05) is 6.54 Å². The molecule has 0 unspecified atom stereocenters. The van der Waals surface area contributed by atoms with E-state index in [-0.39, 0.29) is 5.75 Å². The molecule has 0 aliphatic heterocycles. The second-order valence-electron chi connectivity index (χ2n) is 4.13. The molecule has 1 heterocycles. The Bertz CT molecular complexity index is 537. The number of guanidine groups is 1. The first-order chi connectivity index (χ1) is 9.24. The van der Waals surface area contributed by atoms with Crippen LogP contribution >= 0.6 is 11.3 Å². The SMILES string of the molecule is NC(=NCc1cccc(O)c1)NCCc1cccs1. The molecule has 0 radical (unpaired) electrons. The van der Waals surface area contributed by atoms with Crippen LogP contribution in [0.25, 0.3) is 0 Å². The normalized spacial score (nSPS) is 11.5. The first-order valence-electron chi connectivity index (χ1n) is 6.08. The van der Waals surface area contributed by atoms with Crippen molar-refractivity contribution in [3.05, 3.63) is 52.2 Å². The zero-order chi connectivity index (χ0) is 13.5. The van der Waals surface area contributed by atoms with E-state index >= 15 is 0 Å². The van der Waals surface area contributed by atoms with E-state index in [0.717, 1.165) is 18.5 Å². The second kappa shape index (κ2) is 6.80. The fraction of sp³-hybridized carbons (Fsp3) is 0.214. The Hall–Kier alpha value is -2.01. The number of hydrogen-bond donors (Lipinski definition) is 3. The first-order valence-corrected chi connectivity index (χ1v) is 6.96. The van der Waals surface area contributed by atoms with Gasteiger partial charge in [-0.1, -0.05) is 18.2 Å². The molecule has 19 heavy (non-hydrogen) atoms. The maximum Gasteiger partial charge on any atom is 0.188 e. The number of hydrogen-bond acceptors (Lipinski definition) is 3. The monoisotopic (exact) mass is 275 g/mol. The van der Waals surface area contributed by atoms with Crippen molar-refractivity contribution in [1.29, 1.82) is 0 Å². The molecule has 1 aromatic heterocycles. The van der Waals surface area contributed by atoms with Gasteiger partial charge in [-0.25, -0.2) is 4.99 Å². The van der Waals surface area contributed by atoms with Crippen LogP contribution in [-0.2, 0) is 13.0 Å². The van der Waals surface area contributed by atoms with Gasteiger partial charge >= 0.3 is 0 Å². The van der Waals surface area contributed by atoms with Crippen LogP contribution in [0.2, 0.25) is 0 Å². The Morgan fingerprint density at radius 2 is 2.21 bits per heavy atom. The number of benzene rings is 1. The average molecular weight is 275 g/mol. The Labute approximate surface area is 116 Å². The minimum Gasteiger partial charge on any atom is -0.508 e. The number of nitrogens with one attached hydrogen (secondary N) is 1. The molecule has 0 aliphatic carbocycles. The van der Waals surface area contributed by atoms with E-state index in [4.69, 9.17) is 5.73 Å². The third-order valence-corrected chi connectivity index (χ3v) is 3.54. The molecule has 0 spiro atoms. The average Bonchev–Trinajstić information content (AvgIpc) is 2.90. The smallest absolute Gasteiger partial charge is 0.188 e. The summed E-state index contributed by atoms with van der Waals surface area (Å²) in [7, 11) is 0. The standard InChI is InChI=1S/C14H17N3OS/c15-14(16-7-6-13-5-2-8-19-13)17-10-11-3-1-4-12(18)9-11/h1-5,8-9,18H,6-7,10H2,(H3,15,16,17). The molecule has 4 nitrogen and oxygen atoms in total. The maximum atomic E-state index is 9.33. The van der Waals surface area contributed by atoms with E-state index in [1.54, 1.807) is 29.5 Å². The highest BCUT2D eigenvalue weighted by atomic mass is 32.1. The van der Waals surface area contributed by atoms with Gasteiger partial charge in [-0.05, 0) is 35.6 Å². The van der Waals surface area contributed by atoms with Crippen LogP contribution in [-0.4, -0.2) is 17.6 Å². The van der Waals surface area contributed by atoms with Crippen molar-refractivity contribution < 1.29 is 5.11 Å². The zero-order valence-corrected chi connectivity index (χ0v) is 11.4. The summed E-state index contributed by atoms with van der Waals surface area (Å²) in [6, 6.07) is 11.2. The molecule has 5 heteroatoms. The quantitative estimate of drug-likeness (QED) is 0.578. The van der Waals surface area contributed by atoms with E-state index in [2.05, 4.69) is 21.8 Å². The molecule has 2 aromatic rings. The van der Waals surface area contributed by atoms with Crippen LogP contribution in [0, 0.1) is 0 Å². The van der Waals surface area contributed by atoms with Gasteiger partial charge in [0.2, 0.25) is 0 Å². The van der Waals surface area contributed by atoms with Crippen LogP contribution in [0.15, 0.2) is 46.8 Å². The highest BCUT2D eigenvalue weighted by Gasteiger charge is 1.96. The van der Waals surface area contributed by atoms with Gasteiger partial charge in [0.25, 0.3) is 0 Å². The highest BCUT2D eigenvalue weighted by Crippen LogP contribution is 2.11. The van der Waals surface area contributed by atoms with E-state index < -0.39 is 0 Å². The number of phenolic OH excluding ortho intramolecular Hbond substituents is 1. The van der Waals surface area contributed by atoms with Crippen LogP contribution < -0.4 is 11.1 Å². The Morgan fingerprint density at radius 1 is 1.32 bits per heavy atom. The van der Waals surface area contributed by atoms with Gasteiger partial charge in [-0.2, -0.15) is 0 Å². The lowest BCUT2D eigenvalue weighted by Crippen LogP contribution is -2.33. The highest BCUT2D eigenvalue weighted by molar-refractivity contribution is 7.09. The molecule has 1 aromatic carbocycles. The molecule has 0 saturated heterocycles. The van der Waals surface area contributed by atoms with E-state index in [0.29, 0.717) is 12.5 Å². The van der Waals surface area contributed by atoms with E-state index in [9.17, 15) is 5.11 Å². The Balaban J connectivity index is 1.76. The predicted molar refractivity (Wildman–Crippen MR) is 79.5 cm³/mol. The second-order valence-corrected chi connectivity index (χ2v) is 5.16. The lowest BCUT2D eigenvalue weighted by atomic mass is 10.2. The number of aromatic hydroxyl groups is 1. The Morgan fingerprint density at radius 3 is 2.95 bits per heavy atom. The minimum absolute atomic E-state index is 0.247. The van der Waals surface area contributed by atoms with Crippen molar-refractivity contribution >= 4 is 17.3 Å². The van der Waals surface area contributed by atoms with Gasteiger partial charge in [0.15, 0.2) is 5.96 Å². The van der Waals surface area contributed by atoms with Gasteiger partial charge in [-0.3, -0.25) is 0 Å². The van der Waals surface area contributed by atoms with Gasteiger partial charge < -0.3 is 16.2 Å². The summed E-state index contributed by atoms with van der Waals surface area (Å²) in [6.07, 6.45) is 0.944. The molecule has 0 atom stereocenters. The number of thiophene rings is 1. The van der Waals surface area contributed by atoms with Gasteiger partial charge in [0.05, 0.1) is 6.54 Å². The summed E-state index contributed by atoms with van der Waals surface area (Å²) in [6.45, 7) is 1.24. The predicted octanol–water partition coefficient (Wildman–Crippen LogP) is 2.10. The molecule has 4 N–H and O–H groups in total. The molecular weight excluding hydrogens is 258 g/mol. The number of phenols is 1. The molecule has 0 fully saturated rings. The zero-order valence-electron chi connectivity index (χ0n) is 10.5. The Kier molecular flexibility index (Phi) is 4.80. The van der Waals surface area contributed by atoms with Crippen LogP contribution in [0.5, 0.6) is 5.75 Å². The van der Waals surface area contributed by atoms with Crippen molar-refractivity contribution in [1.82, 2.24) is 5.32 Å². The van der Waals surface area contributed by atoms with Crippen molar-refractivity contribution in [2.24, 2.45) is 10.7 Å². The molecular formula is C14H17N3OS. The number of nitrogens with zero attached hydrogens (tertiary/aromatic N) is 1. The number of nitrogens with two attached hydrogens (primary N) is 1. The molecule has 0 saturated carbocycles. The van der Waals surface area contributed by atoms with Crippen molar-refractivity contribution in [3.8, 4) is 5.75 Å². The third kappa shape index (κ3) is 4.63. The summed E-state index contributed by atoms with van der Waals surface area (Å²) in [5.74, 6) is 0.678. The summed E-state index contributed by atoms with van der Waals surface area (Å²) < 4.78 is 0. The van der Waals surface area contributed by atoms with Crippen LogP contribution in [0.4, 0.5) is 0 Å². The topological polar surface area (TPSA) is 70.6 Å². The fourth-order valence-corrected chi connectivity index (χ4v) is 2.36. The summed E-state index contributed by atoms with van der Waals surface area (Å²) in [5.41, 5.74) is 6.71. The number of aliphatic imine (C=N–C) groups is 1. The lowest BCUT2D eigenvalue weighted by molar-refractivity contribution is 0.474. The minimum atomic E-state index is 0.247. The van der Waals surface area contributed by atoms with Crippen LogP contribution in [0.3, 0.4) is 0 Å². The summed E-state index contributed by atoms with van der Waals surface area (Å²) in [5, 5.41) is 14.5. The first kappa shape index (κ1) is 13.4. The largest absolute Gasteiger partial charge is 0.508 e. The van der Waals surface area contributed by atoms with Crippen molar-refractivity contribution in [3.63, 3.8) is 0 Å². The number of rotatable bonds is 5. The van der Waals surface area contributed by atoms with E-state index in [1.165, 1.54) is 4.88 Å². The van der Waals surface area contributed by atoms with Crippen LogP contribution in [0.1, 0.15) is 10.4 Å². The molecule has 2 rings (SSSR count). The summed E-state index contributed by atoms with van der Waals surface area (Å²) in [4.78, 5) is 5.56. The lowest BCUT2D eigenvalue weighted by Gasteiger charge is -2.04. The molecule has 0 bridgehead atoms. The maximum absolute atomic E-state index is 9.33. The molecule has 0 aliphatic rings. The van der Waals surface area contributed by atoms with Gasteiger partial charge in [0.1, 0.15) is 5.75 Å². The van der Waals surface area contributed by atoms with Gasteiger partial charge in [-0.15, -0.1) is 11.3 Å². The third-order valence-electron chi connectivity index (χ3n) is 2.60. The van der Waals surface area contributed by atoms with E-state index in [1.807, 2.05) is 12.1 Å². The summed E-state index contributed by atoms with van der Waals surface area (Å²) >= 11 is 1.74. The van der Waals surface area contributed by atoms with Gasteiger partial charge in [0, 0.05) is 11.4 Å². The fourth-order valence-electron chi connectivity index (χ4n) is 1.66.